The lowest BCUT2D eigenvalue weighted by Crippen LogP contribution is -2.12. The zero-order valence-electron chi connectivity index (χ0n) is 14.3. The second-order valence-corrected chi connectivity index (χ2v) is 5.96. The van der Waals surface area contributed by atoms with Gasteiger partial charge >= 0.3 is 0 Å². The predicted octanol–water partition coefficient (Wildman–Crippen LogP) is 3.58. The van der Waals surface area contributed by atoms with Crippen molar-refractivity contribution in [3.63, 3.8) is 0 Å². The molecule has 0 aliphatic heterocycles. The smallest absolute Gasteiger partial charge is 0.258 e. The highest BCUT2D eigenvalue weighted by Gasteiger charge is 2.10. The lowest BCUT2D eigenvalue weighted by Gasteiger charge is -2.10. The summed E-state index contributed by atoms with van der Waals surface area (Å²) in [5.41, 5.74) is 3.36. The zero-order valence-corrected chi connectivity index (χ0v) is 14.3. The molecule has 0 aliphatic carbocycles. The quantitative estimate of drug-likeness (QED) is 0.615. The predicted molar refractivity (Wildman–Crippen MR) is 101 cm³/mol. The van der Waals surface area contributed by atoms with Gasteiger partial charge in [-0.3, -0.25) is 9.78 Å². The Morgan fingerprint density at radius 3 is 2.69 bits per heavy atom. The van der Waals surface area contributed by atoms with Crippen LogP contribution in [0.5, 0.6) is 5.75 Å². The number of pyridine rings is 1. The molecule has 26 heavy (non-hydrogen) atoms. The van der Waals surface area contributed by atoms with Crippen LogP contribution in [0.2, 0.25) is 0 Å². The number of hydrogen-bond donors (Lipinski definition) is 1. The number of nitrogens with zero attached hydrogens (tertiary/aromatic N) is 2. The van der Waals surface area contributed by atoms with Crippen molar-refractivity contribution in [2.24, 2.45) is 0 Å². The van der Waals surface area contributed by atoms with Gasteiger partial charge in [-0.2, -0.15) is 0 Å². The highest BCUT2D eigenvalue weighted by atomic mass is 16.5. The Balaban J connectivity index is 1.70. The molecule has 0 unspecified atom stereocenters. The minimum absolute atomic E-state index is 0.123. The summed E-state index contributed by atoms with van der Waals surface area (Å²) < 4.78 is 5.54. The van der Waals surface area contributed by atoms with Gasteiger partial charge in [0.25, 0.3) is 5.56 Å². The second-order valence-electron chi connectivity index (χ2n) is 5.96. The Kier molecular flexibility index (Phi) is 4.19. The van der Waals surface area contributed by atoms with E-state index in [2.05, 4.69) is 15.0 Å². The average molecular weight is 343 g/mol. The van der Waals surface area contributed by atoms with Crippen LogP contribution in [0.3, 0.4) is 0 Å². The van der Waals surface area contributed by atoms with Crippen molar-refractivity contribution >= 4 is 10.9 Å². The minimum atomic E-state index is -0.123. The van der Waals surface area contributed by atoms with Crippen molar-refractivity contribution in [2.45, 2.75) is 6.42 Å². The molecule has 0 bridgehead atoms. The molecule has 1 N–H and O–H groups in total. The normalized spacial score (nSPS) is 10.8. The Morgan fingerprint density at radius 1 is 1.04 bits per heavy atom. The van der Waals surface area contributed by atoms with Crippen LogP contribution in [0, 0.1) is 0 Å². The Bertz CT molecular complexity index is 1120. The Labute approximate surface area is 150 Å². The molecule has 0 atom stereocenters. The monoisotopic (exact) mass is 343 g/mol. The zero-order chi connectivity index (χ0) is 17.9. The number of H-pyrrole nitrogens is 1. The van der Waals surface area contributed by atoms with Crippen LogP contribution in [0.1, 0.15) is 11.4 Å². The minimum Gasteiger partial charge on any atom is -0.496 e. The van der Waals surface area contributed by atoms with E-state index >= 15 is 0 Å². The standard InChI is InChI=1S/C21H17N3O2/c1-26-19-12-14(9-10-15(19)17-7-4-5-11-22-17)13-20-23-18-8-3-2-6-16(18)21(25)24-20/h2-12H,13H2,1H3,(H,23,24,25). The topological polar surface area (TPSA) is 67.9 Å². The van der Waals surface area contributed by atoms with Crippen molar-refractivity contribution in [3.8, 4) is 17.0 Å². The fourth-order valence-electron chi connectivity index (χ4n) is 2.99. The maximum atomic E-state index is 12.2. The van der Waals surface area contributed by atoms with E-state index < -0.39 is 0 Å². The summed E-state index contributed by atoms with van der Waals surface area (Å²) in [4.78, 5) is 24.0. The lowest BCUT2D eigenvalue weighted by molar-refractivity contribution is 0.416. The number of rotatable bonds is 4. The van der Waals surface area contributed by atoms with Gasteiger partial charge in [-0.25, -0.2) is 4.98 Å². The molecule has 2 aromatic carbocycles. The average Bonchev–Trinajstić information content (AvgIpc) is 2.68. The van der Waals surface area contributed by atoms with E-state index in [9.17, 15) is 4.79 Å². The number of methoxy groups -OCH3 is 1. The number of hydrogen-bond acceptors (Lipinski definition) is 4. The third-order valence-corrected chi connectivity index (χ3v) is 4.24. The van der Waals surface area contributed by atoms with Crippen molar-refractivity contribution in [3.05, 3.63) is 88.6 Å². The molecule has 0 amide bonds. The van der Waals surface area contributed by atoms with Crippen LogP contribution in [0.15, 0.2) is 71.7 Å². The molecular formula is C21H17N3O2. The van der Waals surface area contributed by atoms with Gasteiger partial charge < -0.3 is 9.72 Å². The summed E-state index contributed by atoms with van der Waals surface area (Å²) in [6, 6.07) is 19.0. The fraction of sp³-hybridized carbons (Fsp3) is 0.0952. The molecule has 4 rings (SSSR count). The van der Waals surface area contributed by atoms with Crippen LogP contribution in [0.4, 0.5) is 0 Å². The molecular weight excluding hydrogens is 326 g/mol. The van der Waals surface area contributed by atoms with E-state index in [0.717, 1.165) is 22.6 Å². The number of nitrogens with one attached hydrogen (secondary N) is 1. The summed E-state index contributed by atoms with van der Waals surface area (Å²) in [5.74, 6) is 1.37. The lowest BCUT2D eigenvalue weighted by atomic mass is 10.0. The van der Waals surface area contributed by atoms with Crippen molar-refractivity contribution in [1.29, 1.82) is 0 Å². The SMILES string of the molecule is COc1cc(Cc2nc3ccccc3c(=O)[nH]2)ccc1-c1ccccn1. The van der Waals surface area contributed by atoms with E-state index in [4.69, 9.17) is 4.74 Å². The third-order valence-electron chi connectivity index (χ3n) is 4.24. The summed E-state index contributed by atoms with van der Waals surface area (Å²) in [6.07, 6.45) is 2.27. The van der Waals surface area contributed by atoms with Crippen LogP contribution >= 0.6 is 0 Å². The maximum absolute atomic E-state index is 12.2. The van der Waals surface area contributed by atoms with E-state index in [1.54, 1.807) is 19.4 Å². The number of aromatic nitrogens is 3. The van der Waals surface area contributed by atoms with Gasteiger partial charge in [0, 0.05) is 18.2 Å². The van der Waals surface area contributed by atoms with Gasteiger partial charge in [0.1, 0.15) is 11.6 Å². The maximum Gasteiger partial charge on any atom is 0.258 e. The number of benzene rings is 2. The Morgan fingerprint density at radius 2 is 1.88 bits per heavy atom. The summed E-state index contributed by atoms with van der Waals surface area (Å²) in [6.45, 7) is 0. The molecule has 0 aliphatic rings. The largest absolute Gasteiger partial charge is 0.496 e. The molecule has 0 saturated heterocycles. The van der Waals surface area contributed by atoms with E-state index in [1.165, 1.54) is 0 Å². The molecule has 2 heterocycles. The van der Waals surface area contributed by atoms with E-state index in [-0.39, 0.29) is 5.56 Å². The molecule has 0 saturated carbocycles. The number of fused-ring (bicyclic) bond motifs is 1. The molecule has 4 aromatic rings. The number of aromatic amines is 1. The van der Waals surface area contributed by atoms with Crippen LogP contribution in [-0.2, 0) is 6.42 Å². The summed E-state index contributed by atoms with van der Waals surface area (Å²) >= 11 is 0. The third kappa shape index (κ3) is 3.07. The van der Waals surface area contributed by atoms with Gasteiger partial charge in [0.15, 0.2) is 0 Å². The van der Waals surface area contributed by atoms with Crippen molar-refractivity contribution < 1.29 is 4.74 Å². The van der Waals surface area contributed by atoms with Gasteiger partial charge in [0.05, 0.1) is 23.7 Å². The molecule has 5 nitrogen and oxygen atoms in total. The van der Waals surface area contributed by atoms with Crippen LogP contribution in [0.25, 0.3) is 22.2 Å². The molecule has 2 aromatic heterocycles. The summed E-state index contributed by atoms with van der Waals surface area (Å²) in [5, 5.41) is 0.597. The first-order valence-electron chi connectivity index (χ1n) is 8.31. The Hall–Kier alpha value is -3.47. The van der Waals surface area contributed by atoms with Crippen LogP contribution in [-0.4, -0.2) is 22.1 Å². The number of para-hydroxylation sites is 1. The summed E-state index contributed by atoms with van der Waals surface area (Å²) in [7, 11) is 1.64. The molecule has 0 spiro atoms. The first kappa shape index (κ1) is 16.0. The highest BCUT2D eigenvalue weighted by molar-refractivity contribution is 5.77. The first-order chi connectivity index (χ1) is 12.7. The van der Waals surface area contributed by atoms with Gasteiger partial charge in [-0.15, -0.1) is 0 Å². The molecule has 128 valence electrons. The highest BCUT2D eigenvalue weighted by Crippen LogP contribution is 2.29. The van der Waals surface area contributed by atoms with Gasteiger partial charge in [-0.05, 0) is 42.0 Å². The van der Waals surface area contributed by atoms with Crippen LogP contribution < -0.4 is 10.3 Å². The molecule has 0 radical (unpaired) electrons. The van der Waals surface area contributed by atoms with Gasteiger partial charge in [-0.1, -0.05) is 24.3 Å². The second kappa shape index (κ2) is 6.80. The molecule has 0 fully saturated rings. The van der Waals surface area contributed by atoms with E-state index in [1.807, 2.05) is 54.6 Å². The molecule has 5 heteroatoms. The van der Waals surface area contributed by atoms with Crippen molar-refractivity contribution in [1.82, 2.24) is 15.0 Å². The van der Waals surface area contributed by atoms with Gasteiger partial charge in [0.2, 0.25) is 0 Å². The van der Waals surface area contributed by atoms with E-state index in [0.29, 0.717) is 23.1 Å². The number of ether oxygens (including phenoxy) is 1. The fourth-order valence-corrected chi connectivity index (χ4v) is 2.99. The van der Waals surface area contributed by atoms with Crippen molar-refractivity contribution in [2.75, 3.05) is 7.11 Å². The first-order valence-corrected chi connectivity index (χ1v) is 8.31.